The lowest BCUT2D eigenvalue weighted by molar-refractivity contribution is -0.140. The van der Waals surface area contributed by atoms with Crippen molar-refractivity contribution in [2.75, 3.05) is 6.54 Å². The lowest BCUT2D eigenvalue weighted by atomic mass is 9.85. The Hall–Kier alpha value is -1.48. The first-order valence-electron chi connectivity index (χ1n) is 10.1. The highest BCUT2D eigenvalue weighted by Crippen LogP contribution is 2.40. The van der Waals surface area contributed by atoms with Crippen molar-refractivity contribution in [2.24, 2.45) is 11.8 Å². The minimum Gasteiger partial charge on any atom is -0.356 e. The predicted octanol–water partition coefficient (Wildman–Crippen LogP) is 5.87. The van der Waals surface area contributed by atoms with Crippen molar-refractivity contribution in [1.29, 1.82) is 0 Å². The average Bonchev–Trinajstić information content (AvgIpc) is 3.00. The summed E-state index contributed by atoms with van der Waals surface area (Å²) in [5.74, 6) is 1.17. The van der Waals surface area contributed by atoms with Crippen molar-refractivity contribution in [3.05, 3.63) is 34.5 Å². The molecule has 2 aromatic rings. The third-order valence-electron chi connectivity index (χ3n) is 6.15. The van der Waals surface area contributed by atoms with Crippen molar-refractivity contribution < 1.29 is 4.79 Å². The third-order valence-corrected chi connectivity index (χ3v) is 6.38. The number of carbonyl (C=O) groups excluding carboxylic acids is 1. The van der Waals surface area contributed by atoms with Crippen LogP contribution in [0.15, 0.2) is 18.2 Å². The van der Waals surface area contributed by atoms with E-state index in [1.807, 2.05) is 12.1 Å². The molecule has 1 amide bonds. The van der Waals surface area contributed by atoms with Crippen LogP contribution < -0.4 is 0 Å². The van der Waals surface area contributed by atoms with Gasteiger partial charge in [-0.1, -0.05) is 50.8 Å². The summed E-state index contributed by atoms with van der Waals surface area (Å²) in [6.45, 7) is 5.34. The van der Waals surface area contributed by atoms with Gasteiger partial charge in [0.2, 0.25) is 5.91 Å². The van der Waals surface area contributed by atoms with Gasteiger partial charge in [-0.25, -0.2) is 0 Å². The maximum absolute atomic E-state index is 13.3. The monoisotopic (exact) mass is 372 g/mol. The van der Waals surface area contributed by atoms with Gasteiger partial charge in [-0.05, 0) is 49.3 Å². The van der Waals surface area contributed by atoms with Crippen molar-refractivity contribution in [2.45, 2.75) is 64.8 Å². The van der Waals surface area contributed by atoms with E-state index in [2.05, 4.69) is 29.8 Å². The Balaban J connectivity index is 1.71. The topological polar surface area (TPSA) is 36.1 Å². The number of hydrogen-bond acceptors (Lipinski definition) is 1. The Morgan fingerprint density at radius 2 is 2.04 bits per heavy atom. The van der Waals surface area contributed by atoms with Crippen LogP contribution >= 0.6 is 11.6 Å². The van der Waals surface area contributed by atoms with E-state index in [4.69, 9.17) is 11.6 Å². The zero-order valence-electron chi connectivity index (χ0n) is 15.9. The Bertz CT molecular complexity index is 804. The number of aromatic amines is 1. The van der Waals surface area contributed by atoms with E-state index in [0.717, 1.165) is 42.8 Å². The molecule has 1 N–H and O–H groups in total. The number of fused-ring (bicyclic) bond motifs is 3. The maximum Gasteiger partial charge on any atom is 0.226 e. The van der Waals surface area contributed by atoms with Gasteiger partial charge in [0, 0.05) is 34.1 Å². The molecule has 1 aromatic heterocycles. The van der Waals surface area contributed by atoms with Crippen LogP contribution in [-0.2, 0) is 11.2 Å². The van der Waals surface area contributed by atoms with E-state index in [9.17, 15) is 4.79 Å². The van der Waals surface area contributed by atoms with Crippen LogP contribution in [0.4, 0.5) is 0 Å². The standard InChI is InChI=1S/C22H29ClN2O/c1-14(2)12-20-21-18(17-9-8-16(23)13-19(17)24-21)10-11-25(20)22(26)15-6-4-3-5-7-15/h8-9,13-15,20,24H,3-7,10-12H2,1-2H3. The van der Waals surface area contributed by atoms with Gasteiger partial charge < -0.3 is 9.88 Å². The molecule has 140 valence electrons. The quantitative estimate of drug-likeness (QED) is 0.718. The van der Waals surface area contributed by atoms with E-state index in [1.54, 1.807) is 0 Å². The number of H-pyrrole nitrogens is 1. The van der Waals surface area contributed by atoms with Crippen molar-refractivity contribution in [1.82, 2.24) is 9.88 Å². The highest BCUT2D eigenvalue weighted by Gasteiger charge is 2.36. The van der Waals surface area contributed by atoms with E-state index in [0.29, 0.717) is 11.8 Å². The second kappa shape index (κ2) is 7.26. The molecule has 1 aliphatic heterocycles. The minimum atomic E-state index is 0.166. The molecule has 0 spiro atoms. The summed E-state index contributed by atoms with van der Waals surface area (Å²) in [5, 5.41) is 2.02. The molecule has 3 nitrogen and oxygen atoms in total. The van der Waals surface area contributed by atoms with Crippen molar-refractivity contribution in [3.63, 3.8) is 0 Å². The molecule has 2 heterocycles. The molecule has 0 bridgehead atoms. The summed E-state index contributed by atoms with van der Waals surface area (Å²) in [6, 6.07) is 6.27. The number of rotatable bonds is 3. The summed E-state index contributed by atoms with van der Waals surface area (Å²) < 4.78 is 0. The zero-order chi connectivity index (χ0) is 18.3. The molecule has 1 aliphatic carbocycles. The van der Waals surface area contributed by atoms with Crippen molar-refractivity contribution >= 4 is 28.4 Å². The summed E-state index contributed by atoms with van der Waals surface area (Å²) in [4.78, 5) is 19.1. The second-order valence-corrected chi connectivity index (χ2v) is 8.91. The first-order chi connectivity index (χ1) is 12.5. The molecule has 4 rings (SSSR count). The number of carbonyl (C=O) groups is 1. The van der Waals surface area contributed by atoms with Crippen LogP contribution in [0, 0.1) is 11.8 Å². The Morgan fingerprint density at radius 1 is 1.27 bits per heavy atom. The third kappa shape index (κ3) is 3.26. The van der Waals surface area contributed by atoms with E-state index >= 15 is 0 Å². The summed E-state index contributed by atoms with van der Waals surface area (Å²) in [5.41, 5.74) is 3.73. The Morgan fingerprint density at radius 3 is 2.77 bits per heavy atom. The molecular weight excluding hydrogens is 344 g/mol. The van der Waals surface area contributed by atoms with Gasteiger partial charge in [-0.3, -0.25) is 4.79 Å². The van der Waals surface area contributed by atoms with Crippen molar-refractivity contribution in [3.8, 4) is 0 Å². The van der Waals surface area contributed by atoms with E-state index < -0.39 is 0 Å². The maximum atomic E-state index is 13.3. The molecule has 1 fully saturated rings. The first-order valence-corrected chi connectivity index (χ1v) is 10.5. The lowest BCUT2D eigenvalue weighted by Gasteiger charge is -2.39. The Labute approximate surface area is 161 Å². The Kier molecular flexibility index (Phi) is 5.00. The molecular formula is C22H29ClN2O. The van der Waals surface area contributed by atoms with Crippen LogP contribution in [0.25, 0.3) is 10.9 Å². The van der Waals surface area contributed by atoms with Crippen LogP contribution in [0.1, 0.15) is 69.7 Å². The minimum absolute atomic E-state index is 0.166. The number of benzene rings is 1. The average molecular weight is 373 g/mol. The zero-order valence-corrected chi connectivity index (χ0v) is 16.6. The fourth-order valence-corrected chi connectivity index (χ4v) is 5.06. The van der Waals surface area contributed by atoms with E-state index in [-0.39, 0.29) is 12.0 Å². The number of hydrogen-bond donors (Lipinski definition) is 1. The van der Waals surface area contributed by atoms with Gasteiger partial charge in [-0.2, -0.15) is 0 Å². The first kappa shape index (κ1) is 17.9. The number of nitrogens with one attached hydrogen (secondary N) is 1. The normalized spacial score (nSPS) is 21.4. The molecule has 0 radical (unpaired) electrons. The fraction of sp³-hybridized carbons (Fsp3) is 0.591. The molecule has 0 saturated heterocycles. The van der Waals surface area contributed by atoms with Crippen LogP contribution in [0.5, 0.6) is 0 Å². The number of amides is 1. The van der Waals surface area contributed by atoms with Crippen LogP contribution in [0.2, 0.25) is 5.02 Å². The van der Waals surface area contributed by atoms with Gasteiger partial charge in [0.05, 0.1) is 6.04 Å². The molecule has 1 unspecified atom stereocenters. The highest BCUT2D eigenvalue weighted by atomic mass is 35.5. The van der Waals surface area contributed by atoms with Gasteiger partial charge in [0.15, 0.2) is 0 Å². The van der Waals surface area contributed by atoms with Gasteiger partial charge in [-0.15, -0.1) is 0 Å². The second-order valence-electron chi connectivity index (χ2n) is 8.47. The molecule has 1 saturated carbocycles. The lowest BCUT2D eigenvalue weighted by Crippen LogP contribution is -2.44. The summed E-state index contributed by atoms with van der Waals surface area (Å²) in [6.07, 6.45) is 7.77. The summed E-state index contributed by atoms with van der Waals surface area (Å²) in [7, 11) is 0. The smallest absolute Gasteiger partial charge is 0.226 e. The number of halogens is 1. The molecule has 26 heavy (non-hydrogen) atoms. The molecule has 1 atom stereocenters. The number of aromatic nitrogens is 1. The molecule has 1 aromatic carbocycles. The van der Waals surface area contributed by atoms with E-state index in [1.165, 1.54) is 35.9 Å². The highest BCUT2D eigenvalue weighted by molar-refractivity contribution is 6.31. The van der Waals surface area contributed by atoms with Gasteiger partial charge in [0.1, 0.15) is 0 Å². The van der Waals surface area contributed by atoms with Gasteiger partial charge in [0.25, 0.3) is 0 Å². The largest absolute Gasteiger partial charge is 0.356 e. The summed E-state index contributed by atoms with van der Waals surface area (Å²) >= 11 is 6.20. The fourth-order valence-electron chi connectivity index (χ4n) is 4.89. The molecule has 2 aliphatic rings. The SMILES string of the molecule is CC(C)CC1c2[nH]c3cc(Cl)ccc3c2CCN1C(=O)C1CCCCC1. The van der Waals surface area contributed by atoms with Crippen LogP contribution in [0.3, 0.4) is 0 Å². The van der Waals surface area contributed by atoms with Gasteiger partial charge >= 0.3 is 0 Å². The predicted molar refractivity (Wildman–Crippen MR) is 107 cm³/mol. The van der Waals surface area contributed by atoms with Crippen LogP contribution in [-0.4, -0.2) is 22.3 Å². The molecule has 4 heteroatoms. The number of nitrogens with zero attached hydrogens (tertiary/aromatic N) is 1.